The molecule has 0 fully saturated rings. The van der Waals surface area contributed by atoms with Gasteiger partial charge in [0, 0.05) is 5.56 Å². The van der Waals surface area contributed by atoms with Gasteiger partial charge in [-0.1, -0.05) is 16.7 Å². The molecule has 1 amide bonds. The highest BCUT2D eigenvalue weighted by Gasteiger charge is 2.11. The monoisotopic (exact) mass is 268 g/mol. The number of hydrogen-bond acceptors (Lipinski definition) is 7. The Balaban J connectivity index is 2.20. The summed E-state index contributed by atoms with van der Waals surface area (Å²) in [5.74, 6) is 5.13. The van der Waals surface area contributed by atoms with Gasteiger partial charge >= 0.3 is 0 Å². The summed E-state index contributed by atoms with van der Waals surface area (Å²) >= 11 is 5.75. The number of aryl methyl sites for hydroxylation is 1. The molecule has 2 rings (SSSR count). The maximum atomic E-state index is 11.9. The maximum Gasteiger partial charge on any atom is 0.270 e. The second kappa shape index (κ2) is 4.94. The average molecular weight is 269 g/mol. The van der Waals surface area contributed by atoms with Gasteiger partial charge in [-0.25, -0.2) is 10.8 Å². The van der Waals surface area contributed by atoms with E-state index in [1.54, 1.807) is 7.05 Å². The van der Waals surface area contributed by atoms with Crippen LogP contribution in [0, 0.1) is 0 Å². The molecule has 0 atom stereocenters. The van der Waals surface area contributed by atoms with E-state index in [4.69, 9.17) is 17.4 Å². The predicted octanol–water partition coefficient (Wildman–Crippen LogP) is -0.204. The number of nitrogen functional groups attached to an aromatic ring is 1. The lowest BCUT2D eigenvalue weighted by molar-refractivity contribution is 0.102. The fourth-order valence-electron chi connectivity index (χ4n) is 1.21. The van der Waals surface area contributed by atoms with Crippen molar-refractivity contribution >= 4 is 29.3 Å². The van der Waals surface area contributed by atoms with Gasteiger partial charge in [0.1, 0.15) is 11.0 Å². The van der Waals surface area contributed by atoms with Crippen molar-refractivity contribution in [2.45, 2.75) is 0 Å². The van der Waals surface area contributed by atoms with Gasteiger partial charge in [0.25, 0.3) is 11.9 Å². The largest absolute Gasteiger partial charge is 0.308 e. The Morgan fingerprint density at radius 2 is 2.28 bits per heavy atom. The highest BCUT2D eigenvalue weighted by atomic mass is 35.5. The van der Waals surface area contributed by atoms with Crippen molar-refractivity contribution in [2.75, 3.05) is 10.7 Å². The fourth-order valence-corrected chi connectivity index (χ4v) is 1.42. The minimum Gasteiger partial charge on any atom is -0.308 e. The zero-order valence-corrected chi connectivity index (χ0v) is 10.0. The van der Waals surface area contributed by atoms with Crippen molar-refractivity contribution in [3.8, 4) is 0 Å². The summed E-state index contributed by atoms with van der Waals surface area (Å²) < 4.78 is 0. The molecule has 0 aliphatic rings. The van der Waals surface area contributed by atoms with Crippen molar-refractivity contribution in [2.24, 2.45) is 12.9 Å². The minimum absolute atomic E-state index is 0.0951. The number of nitrogens with one attached hydrogen (secondary N) is 2. The van der Waals surface area contributed by atoms with Crippen LogP contribution in [-0.2, 0) is 7.05 Å². The first-order chi connectivity index (χ1) is 8.58. The van der Waals surface area contributed by atoms with Crippen LogP contribution in [0.3, 0.4) is 0 Å². The lowest BCUT2D eigenvalue weighted by Crippen LogP contribution is -2.15. The number of nitrogens with zero attached hydrogens (tertiary/aromatic N) is 5. The molecule has 2 heterocycles. The second-order valence-corrected chi connectivity index (χ2v) is 3.65. The third-order valence-electron chi connectivity index (χ3n) is 1.94. The van der Waals surface area contributed by atoms with E-state index in [0.717, 1.165) is 0 Å². The molecule has 0 radical (unpaired) electrons. The number of tetrazole rings is 1. The molecule has 2 aromatic rings. The van der Waals surface area contributed by atoms with Gasteiger partial charge in [-0.3, -0.25) is 10.1 Å². The van der Waals surface area contributed by atoms with Gasteiger partial charge in [0.2, 0.25) is 0 Å². The van der Waals surface area contributed by atoms with Crippen LogP contribution in [-0.4, -0.2) is 31.1 Å². The van der Waals surface area contributed by atoms with Crippen LogP contribution in [0.1, 0.15) is 10.4 Å². The smallest absolute Gasteiger partial charge is 0.270 e. The summed E-state index contributed by atoms with van der Waals surface area (Å²) in [4.78, 5) is 16.9. The van der Waals surface area contributed by atoms with Crippen LogP contribution in [0.25, 0.3) is 0 Å². The van der Waals surface area contributed by atoms with Crippen LogP contribution in [0.4, 0.5) is 11.8 Å². The Labute approximate surface area is 106 Å². The van der Waals surface area contributed by atoms with Crippen molar-refractivity contribution in [3.05, 3.63) is 22.8 Å². The molecule has 0 aliphatic heterocycles. The number of hydrazine groups is 1. The van der Waals surface area contributed by atoms with E-state index in [1.165, 1.54) is 16.9 Å². The molecule has 0 bridgehead atoms. The first-order valence-corrected chi connectivity index (χ1v) is 5.16. The molecular weight excluding hydrogens is 260 g/mol. The van der Waals surface area contributed by atoms with Crippen molar-refractivity contribution in [3.63, 3.8) is 0 Å². The maximum absolute atomic E-state index is 11.9. The first kappa shape index (κ1) is 12.2. The number of aromatic nitrogens is 5. The Kier molecular flexibility index (Phi) is 3.35. The number of halogens is 1. The van der Waals surface area contributed by atoms with E-state index < -0.39 is 5.91 Å². The summed E-state index contributed by atoms with van der Waals surface area (Å²) in [6.45, 7) is 0. The van der Waals surface area contributed by atoms with Crippen LogP contribution >= 0.6 is 11.6 Å². The van der Waals surface area contributed by atoms with Gasteiger partial charge < -0.3 is 5.43 Å². The van der Waals surface area contributed by atoms with Gasteiger partial charge in [-0.2, -0.15) is 4.80 Å². The number of carbonyl (C=O) groups is 1. The van der Waals surface area contributed by atoms with Crippen LogP contribution < -0.4 is 16.6 Å². The highest BCUT2D eigenvalue weighted by Crippen LogP contribution is 2.14. The van der Waals surface area contributed by atoms with E-state index >= 15 is 0 Å². The van der Waals surface area contributed by atoms with Crippen molar-refractivity contribution in [1.29, 1.82) is 0 Å². The molecule has 0 saturated carbocycles. The van der Waals surface area contributed by atoms with E-state index in [1.807, 2.05) is 0 Å². The summed E-state index contributed by atoms with van der Waals surface area (Å²) in [5.41, 5.74) is 2.58. The van der Waals surface area contributed by atoms with E-state index in [0.29, 0.717) is 0 Å². The van der Waals surface area contributed by atoms with Crippen LogP contribution in [0.2, 0.25) is 5.15 Å². The Bertz CT molecular complexity index is 582. The molecule has 18 heavy (non-hydrogen) atoms. The zero-order chi connectivity index (χ0) is 13.1. The zero-order valence-electron chi connectivity index (χ0n) is 9.25. The van der Waals surface area contributed by atoms with Gasteiger partial charge in [0.15, 0.2) is 0 Å². The van der Waals surface area contributed by atoms with Crippen LogP contribution in [0.15, 0.2) is 12.1 Å². The number of rotatable bonds is 3. The van der Waals surface area contributed by atoms with Crippen molar-refractivity contribution in [1.82, 2.24) is 25.2 Å². The summed E-state index contributed by atoms with van der Waals surface area (Å²) in [6, 6.07) is 2.84. The molecule has 0 aliphatic carbocycles. The van der Waals surface area contributed by atoms with E-state index in [2.05, 4.69) is 31.1 Å². The number of amides is 1. The molecule has 0 unspecified atom stereocenters. The molecule has 4 N–H and O–H groups in total. The third kappa shape index (κ3) is 2.70. The average Bonchev–Trinajstić information content (AvgIpc) is 2.73. The van der Waals surface area contributed by atoms with Crippen molar-refractivity contribution < 1.29 is 4.79 Å². The summed E-state index contributed by atoms with van der Waals surface area (Å²) in [7, 11) is 1.59. The van der Waals surface area contributed by atoms with E-state index in [9.17, 15) is 4.79 Å². The van der Waals surface area contributed by atoms with Gasteiger partial charge in [-0.05, 0) is 17.3 Å². The molecule has 0 saturated heterocycles. The number of carbonyl (C=O) groups excluding carboxylic acids is 1. The predicted molar refractivity (Wildman–Crippen MR) is 63.8 cm³/mol. The lowest BCUT2D eigenvalue weighted by atomic mass is 10.2. The third-order valence-corrected chi connectivity index (χ3v) is 2.13. The topological polar surface area (TPSA) is 124 Å². The summed E-state index contributed by atoms with van der Waals surface area (Å²) in [5, 5.41) is 13.6. The Morgan fingerprint density at radius 1 is 1.50 bits per heavy atom. The lowest BCUT2D eigenvalue weighted by Gasteiger charge is -2.04. The Hall–Kier alpha value is -2.26. The second-order valence-electron chi connectivity index (χ2n) is 3.26. The first-order valence-electron chi connectivity index (χ1n) is 4.78. The van der Waals surface area contributed by atoms with Crippen LogP contribution in [0.5, 0.6) is 0 Å². The van der Waals surface area contributed by atoms with Gasteiger partial charge in [-0.15, -0.1) is 5.10 Å². The molecule has 2 aromatic heterocycles. The molecule has 0 spiro atoms. The SMILES string of the molecule is Cn1nnc(NC(=O)c2cc(Cl)nc(NN)c2)n1. The number of pyridine rings is 1. The fraction of sp³-hybridized carbons (Fsp3) is 0.125. The summed E-state index contributed by atoms with van der Waals surface area (Å²) in [6.07, 6.45) is 0. The molecule has 94 valence electrons. The number of anilines is 2. The number of hydrogen-bond donors (Lipinski definition) is 3. The van der Waals surface area contributed by atoms with E-state index in [-0.39, 0.29) is 22.5 Å². The minimum atomic E-state index is -0.441. The number of nitrogens with two attached hydrogens (primary N) is 1. The Morgan fingerprint density at radius 3 is 2.89 bits per heavy atom. The highest BCUT2D eigenvalue weighted by molar-refractivity contribution is 6.30. The quantitative estimate of drug-likeness (QED) is 0.400. The molecule has 10 heteroatoms. The van der Waals surface area contributed by atoms with Gasteiger partial charge in [0.05, 0.1) is 7.05 Å². The standard InChI is InChI=1S/C8H9ClN8O/c1-17-15-8(14-16-17)12-7(18)4-2-5(9)11-6(3-4)13-10/h2-3H,10H2,1H3,(H,11,13)(H,12,15,18). The molecule has 9 nitrogen and oxygen atoms in total. The normalized spacial score (nSPS) is 10.2. The molecular formula is C8H9ClN8O. The molecule has 0 aromatic carbocycles.